The summed E-state index contributed by atoms with van der Waals surface area (Å²) in [7, 11) is 1.87. The third-order valence-corrected chi connectivity index (χ3v) is 5.84. The van der Waals surface area contributed by atoms with Crippen LogP contribution in [0.4, 0.5) is 11.8 Å². The van der Waals surface area contributed by atoms with Crippen LogP contribution in [0, 0.1) is 0 Å². The van der Waals surface area contributed by atoms with Gasteiger partial charge in [-0.3, -0.25) is 0 Å². The van der Waals surface area contributed by atoms with Gasteiger partial charge in [-0.1, -0.05) is 23.2 Å². The van der Waals surface area contributed by atoms with Crippen molar-refractivity contribution < 1.29 is 9.84 Å². The van der Waals surface area contributed by atoms with Crippen LogP contribution in [-0.4, -0.2) is 72.5 Å². The number of aliphatic hydroxyl groups excluding tert-OH is 1. The summed E-state index contributed by atoms with van der Waals surface area (Å²) >= 11 is 12.0. The number of nitrogens with zero attached hydrogens (tertiary/aromatic N) is 4. The Balaban J connectivity index is 1.34. The molecule has 0 spiro atoms. The number of ether oxygens (including phenoxy) is 1. The molecule has 2 N–H and O–H groups in total. The number of benzene rings is 1. The quantitative estimate of drug-likeness (QED) is 0.532. The van der Waals surface area contributed by atoms with Gasteiger partial charge < -0.3 is 25.0 Å². The van der Waals surface area contributed by atoms with Crippen LogP contribution in [0.5, 0.6) is 5.75 Å². The van der Waals surface area contributed by atoms with Crippen molar-refractivity contribution in [2.24, 2.45) is 0 Å². The van der Waals surface area contributed by atoms with E-state index in [1.54, 1.807) is 18.3 Å². The summed E-state index contributed by atoms with van der Waals surface area (Å²) in [5.41, 5.74) is 0. The second-order valence-electron chi connectivity index (χ2n) is 7.40. The Kier molecular flexibility index (Phi) is 8.81. The zero-order valence-corrected chi connectivity index (χ0v) is 18.7. The molecule has 0 unspecified atom stereocenters. The van der Waals surface area contributed by atoms with Crippen LogP contribution in [0.1, 0.15) is 19.3 Å². The van der Waals surface area contributed by atoms with Crippen LogP contribution >= 0.6 is 23.2 Å². The summed E-state index contributed by atoms with van der Waals surface area (Å²) in [5.74, 6) is 2.19. The molecule has 30 heavy (non-hydrogen) atoms. The summed E-state index contributed by atoms with van der Waals surface area (Å²) in [4.78, 5) is 13.0. The molecule has 164 valence electrons. The van der Waals surface area contributed by atoms with Gasteiger partial charge in [0.2, 0.25) is 5.95 Å². The third-order valence-electron chi connectivity index (χ3n) is 5.11. The lowest BCUT2D eigenvalue weighted by atomic mass is 10.1. The van der Waals surface area contributed by atoms with E-state index in [0.717, 1.165) is 57.0 Å². The number of aromatic nitrogens is 2. The third kappa shape index (κ3) is 6.87. The van der Waals surface area contributed by atoms with Gasteiger partial charge in [-0.25, -0.2) is 4.98 Å². The van der Waals surface area contributed by atoms with E-state index in [1.807, 2.05) is 24.1 Å². The first-order chi connectivity index (χ1) is 14.5. The second-order valence-corrected chi connectivity index (χ2v) is 8.22. The minimum absolute atomic E-state index is 0.0761. The van der Waals surface area contributed by atoms with Crippen LogP contribution in [0.15, 0.2) is 30.5 Å². The molecule has 0 bridgehead atoms. The lowest BCUT2D eigenvalue weighted by molar-refractivity contribution is 0.100. The highest BCUT2D eigenvalue weighted by molar-refractivity contribution is 6.42. The molecule has 1 saturated heterocycles. The van der Waals surface area contributed by atoms with E-state index in [2.05, 4.69) is 20.2 Å². The van der Waals surface area contributed by atoms with Crippen LogP contribution in [-0.2, 0) is 0 Å². The van der Waals surface area contributed by atoms with Crippen LogP contribution in [0.25, 0.3) is 0 Å². The van der Waals surface area contributed by atoms with Gasteiger partial charge in [-0.05, 0) is 44.0 Å². The number of likely N-dealkylation sites (tertiary alicyclic amines) is 1. The molecule has 7 nitrogen and oxygen atoms in total. The van der Waals surface area contributed by atoms with Gasteiger partial charge in [-0.15, -0.1) is 0 Å². The number of anilines is 2. The molecule has 0 amide bonds. The fraction of sp³-hybridized carbons (Fsp3) is 0.524. The zero-order chi connectivity index (χ0) is 21.3. The Morgan fingerprint density at radius 3 is 2.77 bits per heavy atom. The van der Waals surface area contributed by atoms with Crippen molar-refractivity contribution in [2.75, 3.05) is 56.6 Å². The van der Waals surface area contributed by atoms with Crippen molar-refractivity contribution in [3.8, 4) is 5.75 Å². The summed E-state index contributed by atoms with van der Waals surface area (Å²) in [6.45, 7) is 4.51. The molecular weight excluding hydrogens is 425 g/mol. The maximum atomic E-state index is 9.04. The number of hydrogen-bond donors (Lipinski definition) is 2. The summed E-state index contributed by atoms with van der Waals surface area (Å²) in [5, 5.41) is 13.5. The number of likely N-dealkylation sites (N-methyl/N-ethyl adjacent to an activating group) is 1. The fourth-order valence-corrected chi connectivity index (χ4v) is 3.68. The van der Waals surface area contributed by atoms with E-state index in [-0.39, 0.29) is 12.7 Å². The Morgan fingerprint density at radius 1 is 1.23 bits per heavy atom. The first kappa shape index (κ1) is 22.9. The van der Waals surface area contributed by atoms with Crippen LogP contribution < -0.4 is 15.0 Å². The number of aliphatic hydroxyl groups is 1. The molecule has 1 aliphatic heterocycles. The monoisotopic (exact) mass is 453 g/mol. The van der Waals surface area contributed by atoms with E-state index in [1.165, 1.54) is 0 Å². The molecule has 0 saturated carbocycles. The van der Waals surface area contributed by atoms with Gasteiger partial charge in [0.15, 0.2) is 0 Å². The van der Waals surface area contributed by atoms with Crippen molar-refractivity contribution in [3.05, 3.63) is 40.5 Å². The fourth-order valence-electron chi connectivity index (χ4n) is 3.39. The predicted octanol–water partition coefficient (Wildman–Crippen LogP) is 3.56. The van der Waals surface area contributed by atoms with E-state index >= 15 is 0 Å². The SMILES string of the molecule is CN(CCO)c1nccc(NCCCN2CCC(Oc3ccc(Cl)c(Cl)c3)CC2)n1. The molecule has 0 radical (unpaired) electrons. The number of nitrogens with one attached hydrogen (secondary N) is 1. The van der Waals surface area contributed by atoms with Gasteiger partial charge in [0.25, 0.3) is 0 Å². The number of rotatable bonds is 10. The first-order valence-corrected chi connectivity index (χ1v) is 11.0. The van der Waals surface area contributed by atoms with E-state index in [0.29, 0.717) is 22.5 Å². The molecule has 1 aliphatic rings. The molecule has 9 heteroatoms. The average Bonchev–Trinajstić information content (AvgIpc) is 2.75. The minimum Gasteiger partial charge on any atom is -0.490 e. The molecule has 1 fully saturated rings. The molecule has 2 aromatic rings. The molecule has 1 aromatic carbocycles. The Hall–Kier alpha value is -1.80. The van der Waals surface area contributed by atoms with Crippen LogP contribution in [0.2, 0.25) is 10.0 Å². The van der Waals surface area contributed by atoms with Gasteiger partial charge >= 0.3 is 0 Å². The van der Waals surface area contributed by atoms with Crippen molar-refractivity contribution in [1.82, 2.24) is 14.9 Å². The van der Waals surface area contributed by atoms with Crippen molar-refractivity contribution >= 4 is 35.0 Å². The maximum Gasteiger partial charge on any atom is 0.227 e. The standard InChI is InChI=1S/C21H29Cl2N5O2/c1-27(13-14-29)21-25-9-5-20(26-21)24-8-2-10-28-11-6-16(7-12-28)30-17-3-4-18(22)19(23)15-17/h3-5,9,15-16,29H,2,6-8,10-14H2,1H3,(H,24,25,26). The molecule has 3 rings (SSSR count). The Bertz CT molecular complexity index is 803. The van der Waals surface area contributed by atoms with Crippen molar-refractivity contribution in [3.63, 3.8) is 0 Å². The predicted molar refractivity (Wildman–Crippen MR) is 122 cm³/mol. The highest BCUT2D eigenvalue weighted by atomic mass is 35.5. The van der Waals surface area contributed by atoms with Crippen molar-refractivity contribution in [2.45, 2.75) is 25.4 Å². The first-order valence-electron chi connectivity index (χ1n) is 10.3. The number of piperidine rings is 1. The average molecular weight is 454 g/mol. The molecule has 0 atom stereocenters. The second kappa shape index (κ2) is 11.6. The minimum atomic E-state index is 0.0761. The summed E-state index contributed by atoms with van der Waals surface area (Å²) < 4.78 is 6.05. The van der Waals surface area contributed by atoms with E-state index in [4.69, 9.17) is 33.0 Å². The lowest BCUT2D eigenvalue weighted by Crippen LogP contribution is -2.39. The van der Waals surface area contributed by atoms with Gasteiger partial charge in [0, 0.05) is 45.5 Å². The Morgan fingerprint density at radius 2 is 2.03 bits per heavy atom. The lowest BCUT2D eigenvalue weighted by Gasteiger charge is -2.32. The van der Waals surface area contributed by atoms with Gasteiger partial charge in [-0.2, -0.15) is 4.98 Å². The van der Waals surface area contributed by atoms with E-state index in [9.17, 15) is 0 Å². The van der Waals surface area contributed by atoms with Gasteiger partial charge in [0.1, 0.15) is 17.7 Å². The summed E-state index contributed by atoms with van der Waals surface area (Å²) in [6, 6.07) is 7.28. The maximum absolute atomic E-state index is 9.04. The molecule has 0 aliphatic carbocycles. The Labute approximate surface area is 188 Å². The largest absolute Gasteiger partial charge is 0.490 e. The molecule has 1 aromatic heterocycles. The van der Waals surface area contributed by atoms with Gasteiger partial charge in [0.05, 0.1) is 16.7 Å². The topological polar surface area (TPSA) is 73.8 Å². The highest BCUT2D eigenvalue weighted by Crippen LogP contribution is 2.28. The van der Waals surface area contributed by atoms with Crippen molar-refractivity contribution in [1.29, 1.82) is 0 Å². The van der Waals surface area contributed by atoms with Crippen LogP contribution in [0.3, 0.4) is 0 Å². The molecule has 2 heterocycles. The smallest absolute Gasteiger partial charge is 0.227 e. The number of hydrogen-bond acceptors (Lipinski definition) is 7. The molecular formula is C21H29Cl2N5O2. The van der Waals surface area contributed by atoms with E-state index < -0.39 is 0 Å². The number of halogens is 2. The normalized spacial score (nSPS) is 15.2. The summed E-state index contributed by atoms with van der Waals surface area (Å²) in [6.07, 6.45) is 4.98. The highest BCUT2D eigenvalue weighted by Gasteiger charge is 2.20. The zero-order valence-electron chi connectivity index (χ0n) is 17.2.